The van der Waals surface area contributed by atoms with Gasteiger partial charge in [0, 0.05) is 17.6 Å². The first-order chi connectivity index (χ1) is 10.3. The summed E-state index contributed by atoms with van der Waals surface area (Å²) >= 11 is 0. The molecule has 1 fully saturated rings. The fourth-order valence-electron chi connectivity index (χ4n) is 2.65. The SMILES string of the molecule is O=C(O)c1oc2ccccc2c1COCC1CCCCO1. The van der Waals surface area contributed by atoms with Crippen LogP contribution in [0.15, 0.2) is 28.7 Å². The molecule has 21 heavy (non-hydrogen) atoms. The Bertz CT molecular complexity index is 625. The summed E-state index contributed by atoms with van der Waals surface area (Å²) in [6, 6.07) is 7.28. The Morgan fingerprint density at radius 1 is 1.33 bits per heavy atom. The van der Waals surface area contributed by atoms with Gasteiger partial charge in [-0.05, 0) is 25.3 Å². The number of hydrogen-bond donors (Lipinski definition) is 1. The minimum absolute atomic E-state index is 0.0410. The van der Waals surface area contributed by atoms with E-state index in [4.69, 9.17) is 13.9 Å². The summed E-state index contributed by atoms with van der Waals surface area (Å²) in [7, 11) is 0. The summed E-state index contributed by atoms with van der Waals surface area (Å²) in [5.41, 5.74) is 1.16. The molecule has 1 aromatic carbocycles. The third-order valence-electron chi connectivity index (χ3n) is 3.72. The number of para-hydroxylation sites is 1. The van der Waals surface area contributed by atoms with Crippen molar-refractivity contribution in [1.29, 1.82) is 0 Å². The molecular weight excluding hydrogens is 272 g/mol. The van der Waals surface area contributed by atoms with Gasteiger partial charge in [0.1, 0.15) is 5.58 Å². The molecule has 1 unspecified atom stereocenters. The van der Waals surface area contributed by atoms with Crippen LogP contribution in [0.3, 0.4) is 0 Å². The molecule has 1 aromatic heterocycles. The summed E-state index contributed by atoms with van der Waals surface area (Å²) in [5, 5.41) is 10.0. The molecular formula is C16H18O5. The molecule has 1 aliphatic heterocycles. The summed E-state index contributed by atoms with van der Waals surface area (Å²) in [6.07, 6.45) is 3.37. The van der Waals surface area contributed by atoms with Crippen LogP contribution < -0.4 is 0 Å². The Morgan fingerprint density at radius 2 is 2.19 bits per heavy atom. The zero-order chi connectivity index (χ0) is 14.7. The molecule has 0 saturated carbocycles. The van der Waals surface area contributed by atoms with Crippen LogP contribution >= 0.6 is 0 Å². The molecule has 0 aliphatic carbocycles. The lowest BCUT2D eigenvalue weighted by Crippen LogP contribution is -2.24. The topological polar surface area (TPSA) is 68.9 Å². The molecule has 1 atom stereocenters. The first-order valence-corrected chi connectivity index (χ1v) is 7.19. The lowest BCUT2D eigenvalue weighted by atomic mass is 10.1. The number of carbonyl (C=O) groups is 1. The third kappa shape index (κ3) is 3.09. The van der Waals surface area contributed by atoms with Crippen LogP contribution in [0, 0.1) is 0 Å². The highest BCUT2D eigenvalue weighted by atomic mass is 16.5. The van der Waals surface area contributed by atoms with Crippen LogP contribution in [-0.4, -0.2) is 30.4 Å². The van der Waals surface area contributed by atoms with E-state index in [2.05, 4.69) is 0 Å². The molecule has 2 aromatic rings. The monoisotopic (exact) mass is 290 g/mol. The van der Waals surface area contributed by atoms with Gasteiger partial charge in [-0.15, -0.1) is 0 Å². The minimum Gasteiger partial charge on any atom is -0.475 e. The van der Waals surface area contributed by atoms with E-state index in [1.54, 1.807) is 6.07 Å². The van der Waals surface area contributed by atoms with Gasteiger partial charge in [0.05, 0.1) is 19.3 Å². The van der Waals surface area contributed by atoms with E-state index in [0.29, 0.717) is 17.8 Å². The van der Waals surface area contributed by atoms with E-state index < -0.39 is 5.97 Å². The summed E-state index contributed by atoms with van der Waals surface area (Å²) in [5.74, 6) is -1.11. The second kappa shape index (κ2) is 6.28. The van der Waals surface area contributed by atoms with Crippen molar-refractivity contribution in [3.05, 3.63) is 35.6 Å². The van der Waals surface area contributed by atoms with Gasteiger partial charge >= 0.3 is 5.97 Å². The number of aromatic carboxylic acids is 1. The van der Waals surface area contributed by atoms with Gasteiger partial charge in [-0.3, -0.25) is 0 Å². The highest BCUT2D eigenvalue weighted by molar-refractivity contribution is 5.94. The molecule has 1 saturated heterocycles. The van der Waals surface area contributed by atoms with Gasteiger partial charge < -0.3 is 19.0 Å². The van der Waals surface area contributed by atoms with Crippen molar-refractivity contribution in [2.24, 2.45) is 0 Å². The quantitative estimate of drug-likeness (QED) is 0.915. The normalized spacial score (nSPS) is 19.0. The second-order valence-corrected chi connectivity index (χ2v) is 5.21. The van der Waals surface area contributed by atoms with Crippen LogP contribution in [0.4, 0.5) is 0 Å². The Kier molecular flexibility index (Phi) is 4.22. The van der Waals surface area contributed by atoms with Gasteiger partial charge in [-0.1, -0.05) is 18.2 Å². The molecule has 2 heterocycles. The highest BCUT2D eigenvalue weighted by Gasteiger charge is 2.20. The van der Waals surface area contributed by atoms with Gasteiger partial charge in [-0.25, -0.2) is 4.79 Å². The maximum Gasteiger partial charge on any atom is 0.372 e. The minimum atomic E-state index is -1.07. The standard InChI is InChI=1S/C16H18O5/c17-16(18)15-13(12-6-1-2-7-14(12)21-15)10-19-9-11-5-3-4-8-20-11/h1-2,6-7,11H,3-5,8-10H2,(H,17,18). The van der Waals surface area contributed by atoms with Crippen LogP contribution in [-0.2, 0) is 16.1 Å². The number of hydrogen-bond acceptors (Lipinski definition) is 4. The van der Waals surface area contributed by atoms with E-state index in [9.17, 15) is 9.90 Å². The predicted octanol–water partition coefficient (Wildman–Crippen LogP) is 3.22. The van der Waals surface area contributed by atoms with Crippen LogP contribution in [0.25, 0.3) is 11.0 Å². The predicted molar refractivity (Wildman–Crippen MR) is 76.4 cm³/mol. The van der Waals surface area contributed by atoms with Gasteiger partial charge in [-0.2, -0.15) is 0 Å². The first kappa shape index (κ1) is 14.1. The van der Waals surface area contributed by atoms with E-state index in [0.717, 1.165) is 31.3 Å². The van der Waals surface area contributed by atoms with Gasteiger partial charge in [0.25, 0.3) is 0 Å². The smallest absolute Gasteiger partial charge is 0.372 e. The largest absolute Gasteiger partial charge is 0.475 e. The van der Waals surface area contributed by atoms with Crippen molar-refractivity contribution in [3.8, 4) is 0 Å². The summed E-state index contributed by atoms with van der Waals surface area (Å²) in [6.45, 7) is 1.49. The fraction of sp³-hybridized carbons (Fsp3) is 0.438. The van der Waals surface area contributed by atoms with E-state index >= 15 is 0 Å². The van der Waals surface area contributed by atoms with Gasteiger partial charge in [0.15, 0.2) is 0 Å². The Hall–Kier alpha value is -1.85. The molecule has 0 spiro atoms. The Morgan fingerprint density at radius 3 is 2.95 bits per heavy atom. The lowest BCUT2D eigenvalue weighted by molar-refractivity contribution is -0.0447. The molecule has 0 radical (unpaired) electrons. The zero-order valence-electron chi connectivity index (χ0n) is 11.7. The molecule has 0 bridgehead atoms. The fourth-order valence-corrected chi connectivity index (χ4v) is 2.65. The van der Waals surface area contributed by atoms with E-state index in [1.165, 1.54) is 0 Å². The van der Waals surface area contributed by atoms with Crippen molar-refractivity contribution in [1.82, 2.24) is 0 Å². The van der Waals surface area contributed by atoms with Crippen molar-refractivity contribution in [2.75, 3.05) is 13.2 Å². The lowest BCUT2D eigenvalue weighted by Gasteiger charge is -2.22. The average Bonchev–Trinajstić information content (AvgIpc) is 2.88. The average molecular weight is 290 g/mol. The third-order valence-corrected chi connectivity index (χ3v) is 3.72. The molecule has 5 heteroatoms. The Labute approximate surface area is 122 Å². The molecule has 0 amide bonds. The number of carboxylic acids is 1. The van der Waals surface area contributed by atoms with Gasteiger partial charge in [0.2, 0.25) is 5.76 Å². The van der Waals surface area contributed by atoms with Crippen LogP contribution in [0.5, 0.6) is 0 Å². The van der Waals surface area contributed by atoms with E-state index in [1.807, 2.05) is 18.2 Å². The van der Waals surface area contributed by atoms with Crippen molar-refractivity contribution < 1.29 is 23.8 Å². The van der Waals surface area contributed by atoms with Crippen LogP contribution in [0.1, 0.15) is 35.4 Å². The summed E-state index contributed by atoms with van der Waals surface area (Å²) in [4.78, 5) is 11.3. The Balaban J connectivity index is 1.72. The number of carboxylic acid groups (broad SMARTS) is 1. The zero-order valence-corrected chi connectivity index (χ0v) is 11.7. The molecule has 1 aliphatic rings. The molecule has 1 N–H and O–H groups in total. The molecule has 3 rings (SSSR count). The maximum absolute atomic E-state index is 11.3. The second-order valence-electron chi connectivity index (χ2n) is 5.21. The molecule has 5 nitrogen and oxygen atoms in total. The number of furan rings is 1. The first-order valence-electron chi connectivity index (χ1n) is 7.19. The number of rotatable bonds is 5. The van der Waals surface area contributed by atoms with E-state index in [-0.39, 0.29) is 18.5 Å². The van der Waals surface area contributed by atoms with Crippen LogP contribution in [0.2, 0.25) is 0 Å². The summed E-state index contributed by atoms with van der Waals surface area (Å²) < 4.78 is 16.7. The number of ether oxygens (including phenoxy) is 2. The van der Waals surface area contributed by atoms with Crippen molar-refractivity contribution >= 4 is 16.9 Å². The highest BCUT2D eigenvalue weighted by Crippen LogP contribution is 2.27. The van der Waals surface area contributed by atoms with Crippen molar-refractivity contribution in [3.63, 3.8) is 0 Å². The molecule has 112 valence electrons. The maximum atomic E-state index is 11.3. The number of fused-ring (bicyclic) bond motifs is 1. The number of benzene rings is 1. The van der Waals surface area contributed by atoms with Crippen molar-refractivity contribution in [2.45, 2.75) is 32.0 Å².